The Morgan fingerprint density at radius 1 is 1.29 bits per heavy atom. The third-order valence-electron chi connectivity index (χ3n) is 3.49. The van der Waals surface area contributed by atoms with Crippen LogP contribution in [0.3, 0.4) is 0 Å². The van der Waals surface area contributed by atoms with Crippen LogP contribution in [-0.4, -0.2) is 45.9 Å². The van der Waals surface area contributed by atoms with Gasteiger partial charge in [-0.25, -0.2) is 4.98 Å². The van der Waals surface area contributed by atoms with E-state index in [1.54, 1.807) is 18.6 Å². The number of nitrogens with zero attached hydrogens (tertiary/aromatic N) is 3. The molecule has 2 aromatic heterocycles. The van der Waals surface area contributed by atoms with Crippen molar-refractivity contribution in [3.63, 3.8) is 0 Å². The second-order valence-electron chi connectivity index (χ2n) is 5.44. The first kappa shape index (κ1) is 14.2. The Bertz CT molecular complexity index is 618. The van der Waals surface area contributed by atoms with Gasteiger partial charge in [-0.2, -0.15) is 0 Å². The molecule has 1 aliphatic heterocycles. The lowest BCUT2D eigenvalue weighted by Gasteiger charge is -2.35. The molecule has 0 radical (unpaired) electrons. The minimum Gasteiger partial charge on any atom is -0.335 e. The Hall–Kier alpha value is -1.79. The van der Waals surface area contributed by atoms with Crippen LogP contribution in [0.25, 0.3) is 10.6 Å². The summed E-state index contributed by atoms with van der Waals surface area (Å²) in [7, 11) is 0. The van der Waals surface area contributed by atoms with Crippen molar-refractivity contribution in [2.45, 2.75) is 25.9 Å². The molecular formula is C15H18N4OS. The molecule has 1 saturated heterocycles. The topological polar surface area (TPSA) is 58.1 Å². The molecule has 1 aliphatic rings. The zero-order valence-electron chi connectivity index (χ0n) is 12.1. The van der Waals surface area contributed by atoms with Crippen molar-refractivity contribution in [2.75, 3.05) is 13.1 Å². The molecule has 2 aromatic rings. The molecule has 0 saturated carbocycles. The fourth-order valence-electron chi connectivity index (χ4n) is 2.65. The lowest BCUT2D eigenvalue weighted by atomic mass is 10.1. The first-order valence-corrected chi connectivity index (χ1v) is 7.86. The highest BCUT2D eigenvalue weighted by Crippen LogP contribution is 2.25. The summed E-state index contributed by atoms with van der Waals surface area (Å²) < 4.78 is 0. The Labute approximate surface area is 128 Å². The van der Waals surface area contributed by atoms with Gasteiger partial charge in [0.05, 0.1) is 6.20 Å². The summed E-state index contributed by atoms with van der Waals surface area (Å²) in [4.78, 5) is 23.6. The number of hydrogen-bond acceptors (Lipinski definition) is 5. The summed E-state index contributed by atoms with van der Waals surface area (Å²) in [5, 5.41) is 4.29. The SMILES string of the molecule is CC1CN(C(=O)c2cnc(-c3ccncc3)s2)CC(C)N1. The number of thiazole rings is 1. The highest BCUT2D eigenvalue weighted by molar-refractivity contribution is 7.16. The van der Waals surface area contributed by atoms with E-state index in [1.165, 1.54) is 11.3 Å². The van der Waals surface area contributed by atoms with Gasteiger partial charge >= 0.3 is 0 Å². The summed E-state index contributed by atoms with van der Waals surface area (Å²) >= 11 is 1.44. The number of pyridine rings is 1. The van der Waals surface area contributed by atoms with Gasteiger partial charge in [-0.05, 0) is 26.0 Å². The predicted octanol–water partition coefficient (Wildman–Crippen LogP) is 2.03. The fourth-order valence-corrected chi connectivity index (χ4v) is 3.54. The Morgan fingerprint density at radius 3 is 2.62 bits per heavy atom. The third-order valence-corrected chi connectivity index (χ3v) is 4.52. The molecule has 0 spiro atoms. The Balaban J connectivity index is 1.78. The lowest BCUT2D eigenvalue weighted by molar-refractivity contribution is 0.0678. The van der Waals surface area contributed by atoms with Crippen molar-refractivity contribution < 1.29 is 4.79 Å². The smallest absolute Gasteiger partial charge is 0.265 e. The number of rotatable bonds is 2. The highest BCUT2D eigenvalue weighted by atomic mass is 32.1. The van der Waals surface area contributed by atoms with Crippen molar-refractivity contribution in [3.05, 3.63) is 35.6 Å². The maximum atomic E-state index is 12.6. The van der Waals surface area contributed by atoms with E-state index in [1.807, 2.05) is 17.0 Å². The van der Waals surface area contributed by atoms with Crippen molar-refractivity contribution in [3.8, 4) is 10.6 Å². The number of amides is 1. The van der Waals surface area contributed by atoms with Crippen LogP contribution in [0.2, 0.25) is 0 Å². The van der Waals surface area contributed by atoms with E-state index < -0.39 is 0 Å². The molecular weight excluding hydrogens is 284 g/mol. The van der Waals surface area contributed by atoms with Gasteiger partial charge in [-0.15, -0.1) is 11.3 Å². The molecule has 2 atom stereocenters. The largest absolute Gasteiger partial charge is 0.335 e. The first-order chi connectivity index (χ1) is 10.1. The van der Waals surface area contributed by atoms with Gasteiger partial charge in [-0.3, -0.25) is 9.78 Å². The van der Waals surface area contributed by atoms with Gasteiger partial charge in [0, 0.05) is 43.1 Å². The average molecular weight is 302 g/mol. The van der Waals surface area contributed by atoms with Crippen LogP contribution in [0.5, 0.6) is 0 Å². The number of nitrogens with one attached hydrogen (secondary N) is 1. The molecule has 5 nitrogen and oxygen atoms in total. The standard InChI is InChI=1S/C15H18N4OS/c1-10-8-19(9-11(2)18-10)15(20)13-7-17-14(21-13)12-3-5-16-6-4-12/h3-7,10-11,18H,8-9H2,1-2H3. The molecule has 6 heteroatoms. The van der Waals surface area contributed by atoms with E-state index in [4.69, 9.17) is 0 Å². The second-order valence-corrected chi connectivity index (χ2v) is 6.48. The minimum atomic E-state index is 0.0769. The Morgan fingerprint density at radius 2 is 1.95 bits per heavy atom. The van der Waals surface area contributed by atoms with Gasteiger partial charge in [-0.1, -0.05) is 0 Å². The average Bonchev–Trinajstić information content (AvgIpc) is 2.96. The normalized spacial score (nSPS) is 22.3. The maximum absolute atomic E-state index is 12.6. The number of aromatic nitrogens is 2. The molecule has 0 aromatic carbocycles. The molecule has 3 heterocycles. The second kappa shape index (κ2) is 5.91. The molecule has 1 fully saturated rings. The van der Waals surface area contributed by atoms with E-state index >= 15 is 0 Å². The summed E-state index contributed by atoms with van der Waals surface area (Å²) in [6.07, 6.45) is 5.15. The molecule has 0 aliphatic carbocycles. The van der Waals surface area contributed by atoms with Crippen molar-refractivity contribution in [1.29, 1.82) is 0 Å². The first-order valence-electron chi connectivity index (χ1n) is 7.05. The van der Waals surface area contributed by atoms with Gasteiger partial charge in [0.25, 0.3) is 5.91 Å². The van der Waals surface area contributed by atoms with Gasteiger partial charge in [0.1, 0.15) is 9.88 Å². The molecule has 0 bridgehead atoms. The van der Waals surface area contributed by atoms with Crippen LogP contribution in [0.4, 0.5) is 0 Å². The predicted molar refractivity (Wildman–Crippen MR) is 83.3 cm³/mol. The summed E-state index contributed by atoms with van der Waals surface area (Å²) in [6, 6.07) is 4.46. The van der Waals surface area contributed by atoms with Crippen molar-refractivity contribution in [2.24, 2.45) is 0 Å². The summed E-state index contributed by atoms with van der Waals surface area (Å²) in [5.74, 6) is 0.0769. The van der Waals surface area contributed by atoms with Crippen molar-refractivity contribution >= 4 is 17.2 Å². The van der Waals surface area contributed by atoms with Crippen LogP contribution in [0, 0.1) is 0 Å². The van der Waals surface area contributed by atoms with Gasteiger partial charge in [0.2, 0.25) is 0 Å². The summed E-state index contributed by atoms with van der Waals surface area (Å²) in [6.45, 7) is 5.69. The zero-order valence-corrected chi connectivity index (χ0v) is 12.9. The molecule has 1 amide bonds. The van der Waals surface area contributed by atoms with Crippen LogP contribution in [0.1, 0.15) is 23.5 Å². The highest BCUT2D eigenvalue weighted by Gasteiger charge is 2.26. The number of hydrogen-bond donors (Lipinski definition) is 1. The van der Waals surface area contributed by atoms with E-state index in [0.29, 0.717) is 17.0 Å². The number of carbonyl (C=O) groups is 1. The molecule has 1 N–H and O–H groups in total. The number of piperazine rings is 1. The van der Waals surface area contributed by atoms with Crippen LogP contribution < -0.4 is 5.32 Å². The summed E-state index contributed by atoms with van der Waals surface area (Å²) in [5.41, 5.74) is 0.996. The van der Waals surface area contributed by atoms with Gasteiger partial charge < -0.3 is 10.2 Å². The van der Waals surface area contributed by atoms with E-state index in [0.717, 1.165) is 23.7 Å². The van der Waals surface area contributed by atoms with Crippen LogP contribution in [-0.2, 0) is 0 Å². The lowest BCUT2D eigenvalue weighted by Crippen LogP contribution is -2.55. The molecule has 110 valence electrons. The van der Waals surface area contributed by atoms with E-state index in [2.05, 4.69) is 29.1 Å². The zero-order chi connectivity index (χ0) is 14.8. The third kappa shape index (κ3) is 3.11. The molecule has 3 rings (SSSR count). The Kier molecular flexibility index (Phi) is 3.98. The van der Waals surface area contributed by atoms with Crippen molar-refractivity contribution in [1.82, 2.24) is 20.2 Å². The number of carbonyl (C=O) groups excluding carboxylic acids is 1. The fraction of sp³-hybridized carbons (Fsp3) is 0.400. The van der Waals surface area contributed by atoms with E-state index in [-0.39, 0.29) is 5.91 Å². The van der Waals surface area contributed by atoms with Crippen LogP contribution >= 0.6 is 11.3 Å². The minimum absolute atomic E-state index is 0.0769. The van der Waals surface area contributed by atoms with E-state index in [9.17, 15) is 4.79 Å². The maximum Gasteiger partial charge on any atom is 0.265 e. The quantitative estimate of drug-likeness (QED) is 0.922. The van der Waals surface area contributed by atoms with Crippen LogP contribution in [0.15, 0.2) is 30.7 Å². The molecule has 2 unspecified atom stereocenters. The monoisotopic (exact) mass is 302 g/mol. The molecule has 21 heavy (non-hydrogen) atoms. The van der Waals surface area contributed by atoms with Gasteiger partial charge in [0.15, 0.2) is 0 Å².